The van der Waals surface area contributed by atoms with E-state index < -0.39 is 5.41 Å². The molecule has 1 aliphatic carbocycles. The van der Waals surface area contributed by atoms with Crippen LogP contribution in [0.5, 0.6) is 0 Å². The summed E-state index contributed by atoms with van der Waals surface area (Å²) in [5.41, 5.74) is 7.24. The highest BCUT2D eigenvalue weighted by Crippen LogP contribution is 2.42. The summed E-state index contributed by atoms with van der Waals surface area (Å²) in [6.07, 6.45) is 6.01. The normalized spacial score (nSPS) is 16.2. The van der Waals surface area contributed by atoms with E-state index in [1.54, 1.807) is 0 Å². The van der Waals surface area contributed by atoms with Crippen molar-refractivity contribution in [3.8, 4) is 0 Å². The molecule has 1 amide bonds. The summed E-state index contributed by atoms with van der Waals surface area (Å²) in [6.45, 7) is 2.18. The van der Waals surface area contributed by atoms with Crippen LogP contribution in [-0.4, -0.2) is 10.9 Å². The van der Waals surface area contributed by atoms with Crippen LogP contribution in [0.15, 0.2) is 24.3 Å². The van der Waals surface area contributed by atoms with Crippen LogP contribution in [0.1, 0.15) is 44.6 Å². The predicted octanol–water partition coefficient (Wildman–Crippen LogP) is 3.42. The van der Waals surface area contributed by atoms with Crippen LogP contribution in [0.25, 0.3) is 0 Å². The lowest BCUT2D eigenvalue weighted by atomic mass is 9.68. The Morgan fingerprint density at radius 1 is 1.35 bits per heavy atom. The fourth-order valence-electron chi connectivity index (χ4n) is 2.50. The van der Waals surface area contributed by atoms with Gasteiger partial charge < -0.3 is 11.1 Å². The largest absolute Gasteiger partial charge is 0.392 e. The predicted molar refractivity (Wildman–Crippen MR) is 86.8 cm³/mol. The zero-order chi connectivity index (χ0) is 14.6. The third kappa shape index (κ3) is 3.01. The number of hydrogen-bond donors (Lipinski definition) is 2. The number of rotatable bonds is 6. The van der Waals surface area contributed by atoms with Gasteiger partial charge in [-0.05, 0) is 43.4 Å². The number of anilines is 1. The fraction of sp³-hybridized carbons (Fsp3) is 0.500. The van der Waals surface area contributed by atoms with E-state index in [4.69, 9.17) is 18.0 Å². The number of nitrogens with one attached hydrogen (secondary N) is 1. The number of benzene rings is 1. The van der Waals surface area contributed by atoms with E-state index in [0.717, 1.165) is 31.4 Å². The van der Waals surface area contributed by atoms with Gasteiger partial charge in [-0.1, -0.05) is 44.1 Å². The zero-order valence-corrected chi connectivity index (χ0v) is 12.8. The lowest BCUT2D eigenvalue weighted by molar-refractivity contribution is -0.125. The van der Waals surface area contributed by atoms with Gasteiger partial charge in [0.25, 0.3) is 0 Å². The first-order valence-electron chi connectivity index (χ1n) is 7.29. The number of thiocarbonyl (C=S) groups is 1. The molecule has 20 heavy (non-hydrogen) atoms. The number of hydrogen-bond acceptors (Lipinski definition) is 2. The van der Waals surface area contributed by atoms with Crippen molar-refractivity contribution >= 4 is 28.8 Å². The summed E-state index contributed by atoms with van der Waals surface area (Å²) >= 11 is 5.06. The van der Waals surface area contributed by atoms with Crippen molar-refractivity contribution < 1.29 is 4.79 Å². The quantitative estimate of drug-likeness (QED) is 0.789. The Balaban J connectivity index is 1.99. The number of carbonyl (C=O) groups excluding carboxylic acids is 1. The van der Waals surface area contributed by atoms with Gasteiger partial charge in [0, 0.05) is 5.69 Å². The van der Waals surface area contributed by atoms with Crippen molar-refractivity contribution in [3.05, 3.63) is 29.8 Å². The van der Waals surface area contributed by atoms with E-state index in [9.17, 15) is 4.79 Å². The molecule has 0 atom stereocenters. The average molecular weight is 290 g/mol. The second-order valence-electron chi connectivity index (χ2n) is 5.55. The number of unbranched alkanes of at least 4 members (excludes halogenated alkanes) is 1. The van der Waals surface area contributed by atoms with E-state index in [0.29, 0.717) is 4.99 Å². The molecule has 0 heterocycles. The standard InChI is InChI=1S/C16H22N2OS/c1-2-3-5-12-6-8-13(9-7-12)18-15(19)16(14(17)20)10-4-11-16/h6-9H,2-5,10-11H2,1H3,(H2,17,20)(H,18,19). The highest BCUT2D eigenvalue weighted by atomic mass is 32.1. The molecular weight excluding hydrogens is 268 g/mol. The Labute approximate surface area is 125 Å². The monoisotopic (exact) mass is 290 g/mol. The number of aryl methyl sites for hydroxylation is 1. The maximum atomic E-state index is 12.3. The van der Waals surface area contributed by atoms with Gasteiger partial charge >= 0.3 is 0 Å². The molecular formula is C16H22N2OS. The number of nitrogens with two attached hydrogens (primary N) is 1. The topological polar surface area (TPSA) is 55.1 Å². The van der Waals surface area contributed by atoms with Gasteiger partial charge in [0.1, 0.15) is 0 Å². The summed E-state index contributed by atoms with van der Waals surface area (Å²) in [5, 5.41) is 2.94. The first-order chi connectivity index (χ1) is 9.58. The van der Waals surface area contributed by atoms with E-state index in [1.165, 1.54) is 18.4 Å². The molecule has 1 saturated carbocycles. The molecule has 4 heteroatoms. The van der Waals surface area contributed by atoms with Gasteiger partial charge in [0.2, 0.25) is 5.91 Å². The Morgan fingerprint density at radius 2 is 2.00 bits per heavy atom. The Hall–Kier alpha value is -1.42. The lowest BCUT2D eigenvalue weighted by Gasteiger charge is -2.39. The third-order valence-electron chi connectivity index (χ3n) is 4.14. The van der Waals surface area contributed by atoms with Crippen LogP contribution < -0.4 is 11.1 Å². The average Bonchev–Trinajstić information content (AvgIpc) is 2.36. The third-order valence-corrected chi connectivity index (χ3v) is 4.53. The fourth-order valence-corrected chi connectivity index (χ4v) is 2.80. The number of amides is 1. The summed E-state index contributed by atoms with van der Waals surface area (Å²) in [5.74, 6) is -0.0578. The van der Waals surface area contributed by atoms with Crippen molar-refractivity contribution in [2.24, 2.45) is 11.1 Å². The molecule has 1 aromatic carbocycles. The van der Waals surface area contributed by atoms with E-state index >= 15 is 0 Å². The van der Waals surface area contributed by atoms with Crippen LogP contribution in [0.3, 0.4) is 0 Å². The first kappa shape index (κ1) is 15.0. The highest BCUT2D eigenvalue weighted by molar-refractivity contribution is 7.80. The molecule has 3 nitrogen and oxygen atoms in total. The molecule has 0 spiro atoms. The van der Waals surface area contributed by atoms with Gasteiger partial charge in [0.05, 0.1) is 10.4 Å². The van der Waals surface area contributed by atoms with E-state index in [-0.39, 0.29) is 5.91 Å². The molecule has 0 aromatic heterocycles. The second-order valence-corrected chi connectivity index (χ2v) is 5.99. The van der Waals surface area contributed by atoms with Gasteiger partial charge in [-0.3, -0.25) is 4.79 Å². The molecule has 2 rings (SSSR count). The summed E-state index contributed by atoms with van der Waals surface area (Å²) in [6, 6.07) is 8.04. The lowest BCUT2D eigenvalue weighted by Crippen LogP contribution is -2.50. The molecule has 1 aliphatic rings. The minimum atomic E-state index is -0.615. The summed E-state index contributed by atoms with van der Waals surface area (Å²) in [4.78, 5) is 12.7. The molecule has 0 aliphatic heterocycles. The van der Waals surface area contributed by atoms with Gasteiger partial charge in [-0.15, -0.1) is 0 Å². The van der Waals surface area contributed by atoms with Crippen molar-refractivity contribution in [3.63, 3.8) is 0 Å². The van der Waals surface area contributed by atoms with Gasteiger partial charge in [0.15, 0.2) is 0 Å². The van der Waals surface area contributed by atoms with Gasteiger partial charge in [-0.25, -0.2) is 0 Å². The van der Waals surface area contributed by atoms with Crippen LogP contribution in [0.2, 0.25) is 0 Å². The minimum Gasteiger partial charge on any atom is -0.392 e. The second kappa shape index (κ2) is 6.35. The first-order valence-corrected chi connectivity index (χ1v) is 7.69. The molecule has 108 valence electrons. The van der Waals surface area contributed by atoms with Crippen molar-refractivity contribution in [1.29, 1.82) is 0 Å². The molecule has 1 fully saturated rings. The van der Waals surface area contributed by atoms with E-state index in [2.05, 4.69) is 24.4 Å². The van der Waals surface area contributed by atoms with Crippen LogP contribution in [0, 0.1) is 5.41 Å². The molecule has 0 saturated heterocycles. The SMILES string of the molecule is CCCCc1ccc(NC(=O)C2(C(N)=S)CCC2)cc1. The maximum Gasteiger partial charge on any atom is 0.237 e. The Morgan fingerprint density at radius 3 is 2.45 bits per heavy atom. The molecule has 1 aromatic rings. The molecule has 0 bridgehead atoms. The minimum absolute atomic E-state index is 0.0578. The molecule has 0 radical (unpaired) electrons. The molecule has 0 unspecified atom stereocenters. The molecule has 3 N–H and O–H groups in total. The van der Waals surface area contributed by atoms with E-state index in [1.807, 2.05) is 12.1 Å². The Kier molecular flexibility index (Phi) is 4.76. The smallest absolute Gasteiger partial charge is 0.237 e. The van der Waals surface area contributed by atoms with Crippen LogP contribution >= 0.6 is 12.2 Å². The highest BCUT2D eigenvalue weighted by Gasteiger charge is 2.46. The number of carbonyl (C=O) groups is 1. The summed E-state index contributed by atoms with van der Waals surface area (Å²) in [7, 11) is 0. The van der Waals surface area contributed by atoms with Crippen molar-refractivity contribution in [1.82, 2.24) is 0 Å². The van der Waals surface area contributed by atoms with Crippen LogP contribution in [0.4, 0.5) is 5.69 Å². The summed E-state index contributed by atoms with van der Waals surface area (Å²) < 4.78 is 0. The zero-order valence-electron chi connectivity index (χ0n) is 11.9. The maximum absolute atomic E-state index is 12.3. The Bertz CT molecular complexity index is 492. The van der Waals surface area contributed by atoms with Crippen LogP contribution in [-0.2, 0) is 11.2 Å². The van der Waals surface area contributed by atoms with Gasteiger partial charge in [-0.2, -0.15) is 0 Å². The van der Waals surface area contributed by atoms with Crippen molar-refractivity contribution in [2.75, 3.05) is 5.32 Å². The van der Waals surface area contributed by atoms with Crippen molar-refractivity contribution in [2.45, 2.75) is 45.4 Å².